The Balaban J connectivity index is 1.90. The average Bonchev–Trinajstić information content (AvgIpc) is 2.87. The molecule has 0 atom stereocenters. The number of nitrogens with zero attached hydrogens (tertiary/aromatic N) is 1. The topological polar surface area (TPSA) is 130 Å². The summed E-state index contributed by atoms with van der Waals surface area (Å²) in [4.78, 5) is 45.1. The van der Waals surface area contributed by atoms with Gasteiger partial charge in [0.2, 0.25) is 0 Å². The number of carboxylic acids is 1. The van der Waals surface area contributed by atoms with Crippen LogP contribution in [0.2, 0.25) is 5.02 Å². The Labute approximate surface area is 221 Å². The summed E-state index contributed by atoms with van der Waals surface area (Å²) in [6.45, 7) is 0.836. The molecule has 1 heterocycles. The van der Waals surface area contributed by atoms with Gasteiger partial charge in [0.05, 0.1) is 34.0 Å². The molecule has 9 nitrogen and oxygen atoms in total. The molecule has 0 bridgehead atoms. The molecule has 0 aliphatic heterocycles. The van der Waals surface area contributed by atoms with Gasteiger partial charge in [-0.1, -0.05) is 11.6 Å². The van der Waals surface area contributed by atoms with Gasteiger partial charge >= 0.3 is 5.97 Å². The fraction of sp³-hybridized carbons (Fsp3) is 0.167. The highest BCUT2D eigenvalue weighted by Gasteiger charge is 2.20. The maximum atomic E-state index is 13.2. The summed E-state index contributed by atoms with van der Waals surface area (Å²) in [7, 11) is 0. The zero-order valence-electron chi connectivity index (χ0n) is 19.0. The van der Waals surface area contributed by atoms with Crippen molar-refractivity contribution in [1.29, 1.82) is 0 Å². The van der Waals surface area contributed by atoms with E-state index in [1.54, 1.807) is 24.3 Å². The summed E-state index contributed by atoms with van der Waals surface area (Å²) < 4.78 is 5.80. The van der Waals surface area contributed by atoms with Gasteiger partial charge < -0.3 is 20.5 Å². The number of carbonyl (C=O) groups is 3. The van der Waals surface area contributed by atoms with Crippen molar-refractivity contribution in [3.63, 3.8) is 0 Å². The molecule has 0 aliphatic rings. The summed E-state index contributed by atoms with van der Waals surface area (Å²) in [5.41, 5.74) is 0.173. The normalized spacial score (nSPS) is 10.5. The van der Waals surface area contributed by atoms with Gasteiger partial charge in [-0.3, -0.25) is 9.59 Å². The molecular weight excluding hydrogens is 527 g/mol. The van der Waals surface area contributed by atoms with E-state index in [4.69, 9.17) is 28.1 Å². The van der Waals surface area contributed by atoms with Crippen molar-refractivity contribution in [1.82, 2.24) is 9.82 Å². The Morgan fingerprint density at radius 2 is 1.78 bits per heavy atom. The largest absolute Gasteiger partial charge is 0.493 e. The number of aromatic nitrogens is 1. The van der Waals surface area contributed by atoms with E-state index >= 15 is 0 Å². The summed E-state index contributed by atoms with van der Waals surface area (Å²) >= 11 is 12.8. The summed E-state index contributed by atoms with van der Waals surface area (Å²) in [5, 5.41) is 15.1. The number of nitrogens with one attached hydrogen (secondary N) is 3. The summed E-state index contributed by atoms with van der Waals surface area (Å²) in [6, 6.07) is 12.0. The number of thioether (sulfide) groups is 1. The van der Waals surface area contributed by atoms with Gasteiger partial charge in [0, 0.05) is 17.6 Å². The molecule has 3 rings (SSSR count). The van der Waals surface area contributed by atoms with Gasteiger partial charge in [0.25, 0.3) is 11.8 Å². The zero-order valence-corrected chi connectivity index (χ0v) is 21.3. The summed E-state index contributed by atoms with van der Waals surface area (Å²) in [6.07, 6.45) is 3.88. The highest BCUT2D eigenvalue weighted by atomic mass is 35.5. The molecule has 1 aromatic heterocycles. The van der Waals surface area contributed by atoms with Crippen LogP contribution in [-0.4, -0.2) is 47.3 Å². The van der Waals surface area contributed by atoms with Crippen molar-refractivity contribution in [2.75, 3.05) is 30.0 Å². The van der Waals surface area contributed by atoms with Crippen molar-refractivity contribution in [3.8, 4) is 5.75 Å². The molecule has 36 heavy (non-hydrogen) atoms. The number of rotatable bonds is 11. The number of amides is 2. The molecule has 0 aliphatic carbocycles. The van der Waals surface area contributed by atoms with E-state index < -0.39 is 17.8 Å². The molecule has 4 N–H and O–H groups in total. The second kappa shape index (κ2) is 13.1. The predicted molar refractivity (Wildman–Crippen MR) is 141 cm³/mol. The highest BCUT2D eigenvalue weighted by molar-refractivity contribution is 7.98. The van der Waals surface area contributed by atoms with Crippen LogP contribution >= 0.6 is 35.1 Å². The van der Waals surface area contributed by atoms with Gasteiger partial charge in [0.1, 0.15) is 11.6 Å². The number of anilines is 2. The predicted octanol–water partition coefficient (Wildman–Crippen LogP) is 5.17. The molecule has 2 amide bonds. The lowest BCUT2D eigenvalue weighted by molar-refractivity contribution is 0.0696. The van der Waals surface area contributed by atoms with Crippen molar-refractivity contribution in [2.45, 2.75) is 11.3 Å². The minimum atomic E-state index is -1.21. The molecule has 3 aromatic rings. The van der Waals surface area contributed by atoms with Gasteiger partial charge in [-0.25, -0.2) is 14.6 Å². The number of aromatic carboxylic acids is 1. The van der Waals surface area contributed by atoms with Gasteiger partial charge in [-0.2, -0.15) is 0 Å². The Morgan fingerprint density at radius 3 is 2.44 bits per heavy atom. The molecule has 2 aromatic carbocycles. The van der Waals surface area contributed by atoms with E-state index in [1.807, 2.05) is 6.26 Å². The van der Waals surface area contributed by atoms with E-state index in [9.17, 15) is 19.5 Å². The lowest BCUT2D eigenvalue weighted by Gasteiger charge is -2.15. The standard InChI is InChI=1S/C24H22Cl2N4O5S/c1-36-16-5-7-18(20(12-16)35-10-2-9-28-26)23(32)29-19-11-14(24(33)34)3-6-17(19)22(31)30-21-8-4-15(25)13-27-21/h3-8,11-13,28H,2,9-10H2,1H3,(H,29,32)(H,33,34)(H,27,30,31). The smallest absolute Gasteiger partial charge is 0.335 e. The lowest BCUT2D eigenvalue weighted by Crippen LogP contribution is -2.20. The van der Waals surface area contributed by atoms with E-state index in [0.29, 0.717) is 30.3 Å². The van der Waals surface area contributed by atoms with E-state index in [2.05, 4.69) is 20.5 Å². The van der Waals surface area contributed by atoms with Gasteiger partial charge in [-0.05, 0) is 73.0 Å². The van der Waals surface area contributed by atoms with Crippen LogP contribution in [0.15, 0.2) is 59.6 Å². The molecule has 188 valence electrons. The van der Waals surface area contributed by atoms with Crippen molar-refractivity contribution >= 4 is 64.4 Å². The monoisotopic (exact) mass is 548 g/mol. The molecule has 0 saturated heterocycles. The van der Waals surface area contributed by atoms with Crippen LogP contribution in [0.1, 0.15) is 37.5 Å². The maximum Gasteiger partial charge on any atom is 0.335 e. The first-order valence-electron chi connectivity index (χ1n) is 10.6. The van der Waals surface area contributed by atoms with Gasteiger partial charge in [-0.15, -0.1) is 11.8 Å². The van der Waals surface area contributed by atoms with Crippen molar-refractivity contribution < 1.29 is 24.2 Å². The number of hydrogen-bond donors (Lipinski definition) is 4. The third kappa shape index (κ3) is 7.34. The van der Waals surface area contributed by atoms with Crippen molar-refractivity contribution in [3.05, 3.63) is 76.4 Å². The van der Waals surface area contributed by atoms with Crippen LogP contribution in [0.3, 0.4) is 0 Å². The zero-order chi connectivity index (χ0) is 26.1. The number of benzene rings is 2. The first-order chi connectivity index (χ1) is 17.3. The van der Waals surface area contributed by atoms with E-state index in [0.717, 1.165) is 4.90 Å². The van der Waals surface area contributed by atoms with Crippen LogP contribution in [0.25, 0.3) is 0 Å². The number of hydrogen-bond acceptors (Lipinski definition) is 7. The maximum absolute atomic E-state index is 13.2. The van der Waals surface area contributed by atoms with E-state index in [1.165, 1.54) is 42.2 Å². The molecule has 0 saturated carbocycles. The average molecular weight is 549 g/mol. The number of ether oxygens (including phenoxy) is 1. The SMILES string of the molecule is CSc1ccc(C(=O)Nc2cc(C(=O)O)ccc2C(=O)Nc2ccc(Cl)cn2)c(OCCCNCl)c1. The van der Waals surface area contributed by atoms with E-state index in [-0.39, 0.29) is 28.2 Å². The first-order valence-corrected chi connectivity index (χ1v) is 12.6. The van der Waals surface area contributed by atoms with Crippen molar-refractivity contribution in [2.24, 2.45) is 0 Å². The minimum absolute atomic E-state index is 0.0117. The van der Waals surface area contributed by atoms with Crippen LogP contribution in [0.5, 0.6) is 5.75 Å². The Bertz CT molecular complexity index is 1260. The van der Waals surface area contributed by atoms with Crippen LogP contribution in [0, 0.1) is 0 Å². The second-order valence-corrected chi connectivity index (χ2v) is 8.87. The minimum Gasteiger partial charge on any atom is -0.493 e. The molecule has 0 spiro atoms. The quantitative estimate of drug-likeness (QED) is 0.146. The fourth-order valence-electron chi connectivity index (χ4n) is 3.06. The molecule has 0 unspecified atom stereocenters. The second-order valence-electron chi connectivity index (χ2n) is 7.28. The first kappa shape index (κ1) is 27.3. The molecule has 0 radical (unpaired) electrons. The molecular formula is C24H22Cl2N4O5S. The fourth-order valence-corrected chi connectivity index (χ4v) is 3.73. The van der Waals surface area contributed by atoms with Gasteiger partial charge in [0.15, 0.2) is 0 Å². The van der Waals surface area contributed by atoms with Crippen LogP contribution < -0.4 is 20.2 Å². The molecule has 0 fully saturated rings. The Morgan fingerprint density at radius 1 is 1.03 bits per heavy atom. The van der Waals surface area contributed by atoms with Crippen LogP contribution in [-0.2, 0) is 0 Å². The number of carbonyl (C=O) groups excluding carboxylic acids is 2. The highest BCUT2D eigenvalue weighted by Crippen LogP contribution is 2.28. The lowest BCUT2D eigenvalue weighted by atomic mass is 10.1. The third-order valence-corrected chi connectivity index (χ3v) is 5.97. The summed E-state index contributed by atoms with van der Waals surface area (Å²) in [5.74, 6) is -1.80. The molecule has 12 heteroatoms. The Kier molecular flexibility index (Phi) is 9.95. The van der Waals surface area contributed by atoms with Crippen LogP contribution in [0.4, 0.5) is 11.5 Å². The number of halogens is 2. The third-order valence-electron chi connectivity index (χ3n) is 4.83. The number of carboxylic acid groups (broad SMARTS) is 1. The number of pyridine rings is 1. The Hall–Kier alpha value is -3.31.